The Labute approximate surface area is 135 Å². The Balaban J connectivity index is 2.15. The third-order valence-electron chi connectivity index (χ3n) is 3.49. The third kappa shape index (κ3) is 3.54. The van der Waals surface area contributed by atoms with Crippen molar-refractivity contribution >= 4 is 17.3 Å². The number of aliphatic hydroxyl groups excluding tert-OH is 1. The van der Waals surface area contributed by atoms with Crippen LogP contribution in [0.1, 0.15) is 30.7 Å². The van der Waals surface area contributed by atoms with Crippen molar-refractivity contribution in [2.45, 2.75) is 33.4 Å². The van der Waals surface area contributed by atoms with Crippen LogP contribution in [0.15, 0.2) is 18.2 Å². The fourth-order valence-corrected chi connectivity index (χ4v) is 2.57. The second-order valence-electron chi connectivity index (χ2n) is 4.96. The average Bonchev–Trinajstić information content (AvgIpc) is 2.81. The quantitative estimate of drug-likeness (QED) is 0.822. The molecular weight excluding hydrogens is 302 g/mol. The molecule has 1 aromatic heterocycles. The van der Waals surface area contributed by atoms with Crippen LogP contribution in [0, 0.1) is 0 Å². The molecule has 0 saturated heterocycles. The molecule has 6 heteroatoms. The minimum Gasteiger partial charge on any atom is -0.494 e. The van der Waals surface area contributed by atoms with Crippen molar-refractivity contribution in [3.05, 3.63) is 40.2 Å². The zero-order valence-corrected chi connectivity index (χ0v) is 13.9. The van der Waals surface area contributed by atoms with Crippen molar-refractivity contribution in [1.29, 1.82) is 0 Å². The summed E-state index contributed by atoms with van der Waals surface area (Å²) in [5, 5.41) is 17.8. The maximum atomic E-state index is 9.44. The van der Waals surface area contributed by atoms with Crippen LogP contribution in [0.25, 0.3) is 0 Å². The monoisotopic (exact) mass is 323 g/mol. The molecule has 1 heterocycles. The van der Waals surface area contributed by atoms with E-state index in [0.717, 1.165) is 28.9 Å². The number of nitrogens with zero attached hydrogens (tertiary/aromatic N) is 2. The molecule has 0 bridgehead atoms. The van der Waals surface area contributed by atoms with Crippen LogP contribution in [0.4, 0.5) is 5.69 Å². The van der Waals surface area contributed by atoms with Gasteiger partial charge >= 0.3 is 0 Å². The lowest BCUT2D eigenvalue weighted by molar-refractivity contribution is 0.267. The largest absolute Gasteiger partial charge is 0.494 e. The van der Waals surface area contributed by atoms with E-state index in [4.69, 9.17) is 16.3 Å². The van der Waals surface area contributed by atoms with Crippen LogP contribution in [0.2, 0.25) is 5.15 Å². The average molecular weight is 324 g/mol. The second kappa shape index (κ2) is 7.51. The fraction of sp³-hybridized carbons (Fsp3) is 0.438. The van der Waals surface area contributed by atoms with E-state index in [1.165, 1.54) is 0 Å². The fourth-order valence-electron chi connectivity index (χ4n) is 2.36. The molecule has 0 aliphatic heterocycles. The van der Waals surface area contributed by atoms with Crippen LogP contribution >= 0.6 is 11.6 Å². The Hall–Kier alpha value is -1.72. The van der Waals surface area contributed by atoms with Gasteiger partial charge < -0.3 is 15.2 Å². The van der Waals surface area contributed by atoms with Gasteiger partial charge in [-0.15, -0.1) is 0 Å². The Bertz CT molecular complexity index is 641. The van der Waals surface area contributed by atoms with E-state index in [1.54, 1.807) is 4.68 Å². The highest BCUT2D eigenvalue weighted by molar-refractivity contribution is 6.30. The summed E-state index contributed by atoms with van der Waals surface area (Å²) in [6.07, 6.45) is 0.836. The molecule has 0 aliphatic rings. The number of nitrogens with one attached hydrogen (secondary N) is 1. The number of aliphatic hydroxyl groups is 1. The Morgan fingerprint density at radius 3 is 2.77 bits per heavy atom. The van der Waals surface area contributed by atoms with Crippen LogP contribution < -0.4 is 10.1 Å². The first kappa shape index (κ1) is 16.6. The minimum atomic E-state index is -0.0568. The summed E-state index contributed by atoms with van der Waals surface area (Å²) >= 11 is 6.28. The van der Waals surface area contributed by atoms with E-state index in [2.05, 4.69) is 17.3 Å². The number of hydrogen-bond donors (Lipinski definition) is 2. The zero-order chi connectivity index (χ0) is 16.1. The van der Waals surface area contributed by atoms with Gasteiger partial charge in [0.05, 0.1) is 18.9 Å². The van der Waals surface area contributed by atoms with Gasteiger partial charge in [-0.1, -0.05) is 18.5 Å². The summed E-state index contributed by atoms with van der Waals surface area (Å²) in [6, 6.07) is 5.68. The van der Waals surface area contributed by atoms with Gasteiger partial charge in [-0.2, -0.15) is 5.10 Å². The number of ether oxygens (including phenoxy) is 1. The SMILES string of the molecule is CCOc1ccc(NCc2c(CC)nn(C)c2Cl)cc1CO. The van der Waals surface area contributed by atoms with Crippen molar-refractivity contribution < 1.29 is 9.84 Å². The van der Waals surface area contributed by atoms with Crippen LogP contribution in [0.5, 0.6) is 5.75 Å². The summed E-state index contributed by atoms with van der Waals surface area (Å²) in [6.45, 7) is 5.09. The van der Waals surface area contributed by atoms with Crippen molar-refractivity contribution in [2.75, 3.05) is 11.9 Å². The molecule has 0 radical (unpaired) electrons. The minimum absolute atomic E-state index is 0.0568. The first-order valence-electron chi connectivity index (χ1n) is 7.41. The molecule has 22 heavy (non-hydrogen) atoms. The first-order chi connectivity index (χ1) is 10.6. The number of halogens is 1. The van der Waals surface area contributed by atoms with Gasteiger partial charge in [0.1, 0.15) is 10.9 Å². The highest BCUT2D eigenvalue weighted by Crippen LogP contribution is 2.25. The number of aryl methyl sites for hydroxylation is 2. The molecule has 0 atom stereocenters. The predicted molar refractivity (Wildman–Crippen MR) is 88.5 cm³/mol. The van der Waals surface area contributed by atoms with E-state index in [0.29, 0.717) is 24.1 Å². The van der Waals surface area contributed by atoms with Gasteiger partial charge in [-0.25, -0.2) is 0 Å². The topological polar surface area (TPSA) is 59.3 Å². The van der Waals surface area contributed by atoms with E-state index >= 15 is 0 Å². The number of aromatic nitrogens is 2. The molecule has 2 aromatic rings. The maximum Gasteiger partial charge on any atom is 0.131 e. The lowest BCUT2D eigenvalue weighted by Gasteiger charge is -2.12. The van der Waals surface area contributed by atoms with Crippen molar-refractivity contribution in [3.8, 4) is 5.75 Å². The summed E-state index contributed by atoms with van der Waals surface area (Å²) in [4.78, 5) is 0. The lowest BCUT2D eigenvalue weighted by Crippen LogP contribution is -2.03. The molecule has 5 nitrogen and oxygen atoms in total. The molecule has 0 fully saturated rings. The summed E-state index contributed by atoms with van der Waals surface area (Å²) in [5.41, 5.74) is 3.67. The van der Waals surface area contributed by atoms with Crippen molar-refractivity contribution in [3.63, 3.8) is 0 Å². The lowest BCUT2D eigenvalue weighted by atomic mass is 10.1. The van der Waals surface area contributed by atoms with E-state index in [9.17, 15) is 5.11 Å². The Morgan fingerprint density at radius 2 is 2.14 bits per heavy atom. The number of rotatable bonds is 7. The third-order valence-corrected chi connectivity index (χ3v) is 3.96. The van der Waals surface area contributed by atoms with Crippen LogP contribution in [-0.4, -0.2) is 21.5 Å². The molecule has 0 spiro atoms. The molecule has 1 aromatic carbocycles. The van der Waals surface area contributed by atoms with E-state index < -0.39 is 0 Å². The summed E-state index contributed by atoms with van der Waals surface area (Å²) < 4.78 is 7.17. The summed E-state index contributed by atoms with van der Waals surface area (Å²) in [7, 11) is 1.84. The maximum absolute atomic E-state index is 9.44. The molecule has 120 valence electrons. The van der Waals surface area contributed by atoms with Crippen molar-refractivity contribution in [1.82, 2.24) is 9.78 Å². The standard InChI is InChI=1S/C16H22ClN3O2/c1-4-14-13(16(17)20(3)19-14)9-18-12-6-7-15(22-5-2)11(8-12)10-21/h6-8,18,21H,4-5,9-10H2,1-3H3. The van der Waals surface area contributed by atoms with E-state index in [1.807, 2.05) is 32.2 Å². The number of benzene rings is 1. The molecular formula is C16H22ClN3O2. The van der Waals surface area contributed by atoms with Crippen molar-refractivity contribution in [2.24, 2.45) is 7.05 Å². The van der Waals surface area contributed by atoms with Gasteiger partial charge in [-0.3, -0.25) is 4.68 Å². The predicted octanol–water partition coefficient (Wildman–Crippen LogP) is 3.14. The number of anilines is 1. The molecule has 2 N–H and O–H groups in total. The first-order valence-corrected chi connectivity index (χ1v) is 7.79. The Kier molecular flexibility index (Phi) is 5.69. The van der Waals surface area contributed by atoms with Gasteiger partial charge in [0, 0.05) is 30.4 Å². The zero-order valence-electron chi connectivity index (χ0n) is 13.2. The highest BCUT2D eigenvalue weighted by Gasteiger charge is 2.13. The Morgan fingerprint density at radius 1 is 1.36 bits per heavy atom. The van der Waals surface area contributed by atoms with Gasteiger partial charge in [0.2, 0.25) is 0 Å². The molecule has 0 unspecified atom stereocenters. The van der Waals surface area contributed by atoms with Gasteiger partial charge in [0.25, 0.3) is 0 Å². The van der Waals surface area contributed by atoms with Gasteiger partial charge in [0.15, 0.2) is 0 Å². The molecule has 0 saturated carbocycles. The summed E-state index contributed by atoms with van der Waals surface area (Å²) in [5.74, 6) is 0.712. The molecule has 0 amide bonds. The van der Waals surface area contributed by atoms with Crippen LogP contribution in [-0.2, 0) is 26.6 Å². The van der Waals surface area contributed by atoms with Crippen LogP contribution in [0.3, 0.4) is 0 Å². The molecule has 2 rings (SSSR count). The smallest absolute Gasteiger partial charge is 0.131 e. The van der Waals surface area contributed by atoms with E-state index in [-0.39, 0.29) is 6.61 Å². The molecule has 0 aliphatic carbocycles. The number of hydrogen-bond acceptors (Lipinski definition) is 4. The highest BCUT2D eigenvalue weighted by atomic mass is 35.5. The normalized spacial score (nSPS) is 10.8. The second-order valence-corrected chi connectivity index (χ2v) is 5.32. The van der Waals surface area contributed by atoms with Gasteiger partial charge in [-0.05, 0) is 31.5 Å².